The van der Waals surface area contributed by atoms with Crippen molar-refractivity contribution >= 4 is 52.3 Å². The summed E-state index contributed by atoms with van der Waals surface area (Å²) in [6.07, 6.45) is 2.91. The van der Waals surface area contributed by atoms with Crippen LogP contribution in [0.4, 0.5) is 5.69 Å². The molecule has 1 aromatic heterocycles. The standard InChI is InChI=1S/C16H15Cl3N4O2/c1-10-4-6-11(7-5-10)13(24)23-15(20,16(17,18)19)14(25)22-12-3-2-8-21-9-12/h2-9H,20H2,1H3,(H,22,25)(H,23,24)/t15-/m1/s1. The molecule has 9 heteroatoms. The molecule has 0 bridgehead atoms. The highest BCUT2D eigenvalue weighted by molar-refractivity contribution is 6.69. The molecule has 4 N–H and O–H groups in total. The quantitative estimate of drug-likeness (QED) is 0.542. The van der Waals surface area contributed by atoms with E-state index in [1.54, 1.807) is 36.4 Å². The number of nitrogens with two attached hydrogens (primary N) is 1. The zero-order valence-electron chi connectivity index (χ0n) is 13.1. The molecule has 0 spiro atoms. The summed E-state index contributed by atoms with van der Waals surface area (Å²) in [4.78, 5) is 28.8. The number of rotatable bonds is 4. The number of aromatic nitrogens is 1. The lowest BCUT2D eigenvalue weighted by molar-refractivity contribution is -0.121. The van der Waals surface area contributed by atoms with E-state index < -0.39 is 21.3 Å². The summed E-state index contributed by atoms with van der Waals surface area (Å²) in [5.74, 6) is -1.56. The molecular formula is C16H15Cl3N4O2. The third-order valence-corrected chi connectivity index (χ3v) is 4.24. The van der Waals surface area contributed by atoms with Crippen LogP contribution in [0.25, 0.3) is 0 Å². The van der Waals surface area contributed by atoms with E-state index in [-0.39, 0.29) is 5.56 Å². The van der Waals surface area contributed by atoms with Gasteiger partial charge in [-0.2, -0.15) is 0 Å². The predicted octanol–water partition coefficient (Wildman–Crippen LogP) is 2.78. The summed E-state index contributed by atoms with van der Waals surface area (Å²) in [6.45, 7) is 1.87. The number of alkyl halides is 3. The molecule has 0 aliphatic heterocycles. The van der Waals surface area contributed by atoms with Crippen LogP contribution in [0.5, 0.6) is 0 Å². The van der Waals surface area contributed by atoms with Crippen molar-refractivity contribution in [3.63, 3.8) is 0 Å². The summed E-state index contributed by atoms with van der Waals surface area (Å²) in [7, 11) is 0. The summed E-state index contributed by atoms with van der Waals surface area (Å²) in [5.41, 5.74) is 5.23. The Morgan fingerprint density at radius 1 is 1.12 bits per heavy atom. The Kier molecular flexibility index (Phi) is 5.90. The van der Waals surface area contributed by atoms with Crippen LogP contribution < -0.4 is 16.4 Å². The smallest absolute Gasteiger partial charge is 0.269 e. The summed E-state index contributed by atoms with van der Waals surface area (Å²) in [5, 5.41) is 4.76. The number of amides is 2. The highest BCUT2D eigenvalue weighted by atomic mass is 35.6. The summed E-state index contributed by atoms with van der Waals surface area (Å²) < 4.78 is -2.31. The molecule has 1 heterocycles. The van der Waals surface area contributed by atoms with Crippen molar-refractivity contribution < 1.29 is 9.59 Å². The molecule has 0 aliphatic carbocycles. The number of carbonyl (C=O) groups excluding carboxylic acids is 2. The lowest BCUT2D eigenvalue weighted by atomic mass is 10.1. The second-order valence-electron chi connectivity index (χ2n) is 5.32. The average Bonchev–Trinajstić information content (AvgIpc) is 2.55. The van der Waals surface area contributed by atoms with Gasteiger partial charge < -0.3 is 10.6 Å². The van der Waals surface area contributed by atoms with Gasteiger partial charge in [0.15, 0.2) is 0 Å². The Morgan fingerprint density at radius 3 is 2.28 bits per heavy atom. The molecule has 0 unspecified atom stereocenters. The van der Waals surface area contributed by atoms with Crippen LogP contribution in [-0.2, 0) is 4.79 Å². The largest absolute Gasteiger partial charge is 0.322 e. The fourth-order valence-corrected chi connectivity index (χ4v) is 2.28. The second-order valence-corrected chi connectivity index (χ2v) is 7.60. The number of hydrogen-bond acceptors (Lipinski definition) is 4. The highest BCUT2D eigenvalue weighted by Crippen LogP contribution is 2.36. The lowest BCUT2D eigenvalue weighted by Crippen LogP contribution is -2.70. The van der Waals surface area contributed by atoms with Gasteiger partial charge in [0.1, 0.15) is 0 Å². The van der Waals surface area contributed by atoms with Gasteiger partial charge in [-0.1, -0.05) is 52.5 Å². The normalized spacial score (nSPS) is 13.6. The average molecular weight is 402 g/mol. The van der Waals surface area contributed by atoms with Gasteiger partial charge in [-0.05, 0) is 31.2 Å². The van der Waals surface area contributed by atoms with Crippen LogP contribution in [-0.4, -0.2) is 26.3 Å². The first-order valence-electron chi connectivity index (χ1n) is 7.10. The third-order valence-electron chi connectivity index (χ3n) is 3.35. The minimum atomic E-state index is -2.31. The molecular weight excluding hydrogens is 387 g/mol. The maximum absolute atomic E-state index is 12.6. The molecule has 2 rings (SSSR count). The van der Waals surface area contributed by atoms with Gasteiger partial charge in [0, 0.05) is 11.8 Å². The van der Waals surface area contributed by atoms with Crippen molar-refractivity contribution in [1.29, 1.82) is 0 Å². The van der Waals surface area contributed by atoms with Gasteiger partial charge in [-0.3, -0.25) is 20.3 Å². The van der Waals surface area contributed by atoms with E-state index in [0.717, 1.165) is 5.56 Å². The molecule has 1 aromatic carbocycles. The highest BCUT2D eigenvalue weighted by Gasteiger charge is 2.53. The van der Waals surface area contributed by atoms with Crippen LogP contribution >= 0.6 is 34.8 Å². The molecule has 132 valence electrons. The minimum absolute atomic E-state index is 0.267. The number of nitrogens with zero attached hydrogens (tertiary/aromatic N) is 1. The maximum Gasteiger partial charge on any atom is 0.269 e. The Morgan fingerprint density at radius 2 is 1.76 bits per heavy atom. The molecule has 0 aliphatic rings. The zero-order chi connectivity index (χ0) is 18.7. The van der Waals surface area contributed by atoms with Crippen LogP contribution in [0.3, 0.4) is 0 Å². The first kappa shape index (κ1) is 19.5. The fourth-order valence-electron chi connectivity index (χ4n) is 1.88. The predicted molar refractivity (Wildman–Crippen MR) is 98.7 cm³/mol. The van der Waals surface area contributed by atoms with Gasteiger partial charge in [0.05, 0.1) is 11.9 Å². The van der Waals surface area contributed by atoms with E-state index in [9.17, 15) is 9.59 Å². The van der Waals surface area contributed by atoms with Crippen molar-refractivity contribution in [3.05, 3.63) is 59.9 Å². The maximum atomic E-state index is 12.6. The van der Waals surface area contributed by atoms with E-state index in [2.05, 4.69) is 15.6 Å². The summed E-state index contributed by atoms with van der Waals surface area (Å²) in [6, 6.07) is 9.79. The van der Waals surface area contributed by atoms with Crippen LogP contribution in [0, 0.1) is 6.92 Å². The van der Waals surface area contributed by atoms with E-state index in [4.69, 9.17) is 40.5 Å². The third kappa shape index (κ3) is 4.61. The van der Waals surface area contributed by atoms with Crippen molar-refractivity contribution in [3.8, 4) is 0 Å². The number of aryl methyl sites for hydroxylation is 1. The number of pyridine rings is 1. The topological polar surface area (TPSA) is 97.1 Å². The van der Waals surface area contributed by atoms with Gasteiger partial charge in [-0.25, -0.2) is 0 Å². The summed E-state index contributed by atoms with van der Waals surface area (Å²) >= 11 is 17.6. The SMILES string of the molecule is Cc1ccc(C(=O)N[C@](N)(C(=O)Nc2cccnc2)C(Cl)(Cl)Cl)cc1. The second kappa shape index (κ2) is 7.58. The van der Waals surface area contributed by atoms with Crippen molar-refractivity contribution in [2.75, 3.05) is 5.32 Å². The van der Waals surface area contributed by atoms with Crippen LogP contribution in [0.1, 0.15) is 15.9 Å². The van der Waals surface area contributed by atoms with Crippen LogP contribution in [0.2, 0.25) is 0 Å². The molecule has 6 nitrogen and oxygen atoms in total. The minimum Gasteiger partial charge on any atom is -0.322 e. The van der Waals surface area contributed by atoms with E-state index in [0.29, 0.717) is 5.69 Å². The molecule has 0 radical (unpaired) electrons. The zero-order valence-corrected chi connectivity index (χ0v) is 15.4. The monoisotopic (exact) mass is 400 g/mol. The first-order chi connectivity index (χ1) is 11.6. The van der Waals surface area contributed by atoms with Crippen molar-refractivity contribution in [2.45, 2.75) is 16.4 Å². The van der Waals surface area contributed by atoms with Crippen molar-refractivity contribution in [1.82, 2.24) is 10.3 Å². The molecule has 2 aromatic rings. The van der Waals surface area contributed by atoms with Crippen molar-refractivity contribution in [2.24, 2.45) is 5.73 Å². The molecule has 0 saturated heterocycles. The Bertz CT molecular complexity index is 763. The van der Waals surface area contributed by atoms with E-state index in [1.807, 2.05) is 6.92 Å². The van der Waals surface area contributed by atoms with Gasteiger partial charge in [-0.15, -0.1) is 0 Å². The number of carbonyl (C=O) groups is 2. The van der Waals surface area contributed by atoms with Gasteiger partial charge in [0.25, 0.3) is 11.8 Å². The van der Waals surface area contributed by atoms with Gasteiger partial charge in [0.2, 0.25) is 9.46 Å². The first-order valence-corrected chi connectivity index (χ1v) is 8.23. The molecule has 2 amide bonds. The van der Waals surface area contributed by atoms with Crippen LogP contribution in [0.15, 0.2) is 48.8 Å². The van der Waals surface area contributed by atoms with E-state index >= 15 is 0 Å². The fraction of sp³-hybridized carbons (Fsp3) is 0.188. The number of nitrogens with one attached hydrogen (secondary N) is 2. The molecule has 25 heavy (non-hydrogen) atoms. The Hall–Kier alpha value is -1.86. The number of benzene rings is 1. The van der Waals surface area contributed by atoms with E-state index in [1.165, 1.54) is 12.4 Å². The lowest BCUT2D eigenvalue weighted by Gasteiger charge is -2.34. The van der Waals surface area contributed by atoms with Gasteiger partial charge >= 0.3 is 0 Å². The molecule has 1 atom stereocenters. The number of anilines is 1. The Labute approximate surface area is 159 Å². The Balaban J connectivity index is 2.26. The molecule has 0 saturated carbocycles. The number of hydrogen-bond donors (Lipinski definition) is 3. The number of halogens is 3. The molecule has 0 fully saturated rings.